The van der Waals surface area contributed by atoms with Crippen molar-refractivity contribution in [3.05, 3.63) is 34.9 Å². The van der Waals surface area contributed by atoms with Gasteiger partial charge in [-0.1, -0.05) is 6.07 Å². The van der Waals surface area contributed by atoms with Crippen LogP contribution in [0.2, 0.25) is 0 Å². The summed E-state index contributed by atoms with van der Waals surface area (Å²) >= 11 is 0. The standard InChI is InChI=1S/C13H10N2O3S/c1-9(16)12(8-15)6-11-4-3-10(7-14)5-13(11)19(2,17)18/h3-6H,1-2H3/b12-6+. The van der Waals surface area contributed by atoms with E-state index in [0.29, 0.717) is 0 Å². The maximum Gasteiger partial charge on any atom is 0.176 e. The van der Waals surface area contributed by atoms with Crippen LogP contribution in [0.25, 0.3) is 6.08 Å². The van der Waals surface area contributed by atoms with Crippen LogP contribution in [-0.2, 0) is 14.6 Å². The lowest BCUT2D eigenvalue weighted by Crippen LogP contribution is -2.02. The molecule has 0 amide bonds. The largest absolute Gasteiger partial charge is 0.294 e. The topological polar surface area (TPSA) is 98.8 Å². The number of carbonyl (C=O) groups is 1. The summed E-state index contributed by atoms with van der Waals surface area (Å²) in [6.07, 6.45) is 2.21. The summed E-state index contributed by atoms with van der Waals surface area (Å²) in [4.78, 5) is 11.1. The number of carbonyl (C=O) groups excluding carboxylic acids is 1. The summed E-state index contributed by atoms with van der Waals surface area (Å²) in [6.45, 7) is 1.22. The van der Waals surface area contributed by atoms with Crippen LogP contribution in [0, 0.1) is 22.7 Å². The molecule has 19 heavy (non-hydrogen) atoms. The van der Waals surface area contributed by atoms with Crippen molar-refractivity contribution in [1.82, 2.24) is 0 Å². The molecule has 0 fully saturated rings. The van der Waals surface area contributed by atoms with Gasteiger partial charge in [-0.15, -0.1) is 0 Å². The fraction of sp³-hybridized carbons (Fsp3) is 0.154. The third kappa shape index (κ3) is 3.51. The maximum absolute atomic E-state index is 11.7. The lowest BCUT2D eigenvalue weighted by molar-refractivity contribution is -0.113. The molecule has 5 nitrogen and oxygen atoms in total. The Morgan fingerprint density at radius 2 is 1.95 bits per heavy atom. The third-order valence-electron chi connectivity index (χ3n) is 2.34. The number of nitriles is 2. The van der Waals surface area contributed by atoms with Gasteiger partial charge in [-0.2, -0.15) is 10.5 Å². The zero-order valence-electron chi connectivity index (χ0n) is 10.3. The summed E-state index contributed by atoms with van der Waals surface area (Å²) in [6, 6.07) is 7.59. The van der Waals surface area contributed by atoms with Gasteiger partial charge in [0.1, 0.15) is 6.07 Å². The number of ketones is 1. The molecule has 96 valence electrons. The summed E-state index contributed by atoms with van der Waals surface area (Å²) < 4.78 is 23.3. The minimum Gasteiger partial charge on any atom is -0.294 e. The zero-order chi connectivity index (χ0) is 14.6. The number of nitrogens with zero attached hydrogens (tertiary/aromatic N) is 2. The quantitative estimate of drug-likeness (QED) is 0.613. The second-order valence-electron chi connectivity index (χ2n) is 3.86. The van der Waals surface area contributed by atoms with Gasteiger partial charge in [0.25, 0.3) is 0 Å². The van der Waals surface area contributed by atoms with Gasteiger partial charge in [-0.3, -0.25) is 4.79 Å². The molecule has 0 radical (unpaired) electrons. The Labute approximate surface area is 111 Å². The van der Waals surface area contributed by atoms with E-state index in [4.69, 9.17) is 10.5 Å². The van der Waals surface area contributed by atoms with Crippen LogP contribution in [0.3, 0.4) is 0 Å². The molecule has 0 bridgehead atoms. The summed E-state index contributed by atoms with van der Waals surface area (Å²) in [5.74, 6) is -0.452. The monoisotopic (exact) mass is 274 g/mol. The van der Waals surface area contributed by atoms with Crippen molar-refractivity contribution < 1.29 is 13.2 Å². The Morgan fingerprint density at radius 1 is 1.32 bits per heavy atom. The van der Waals surface area contributed by atoms with Crippen molar-refractivity contribution in [1.29, 1.82) is 10.5 Å². The molecule has 0 unspecified atom stereocenters. The average molecular weight is 274 g/mol. The Bertz CT molecular complexity index is 747. The van der Waals surface area contributed by atoms with E-state index in [0.717, 1.165) is 6.26 Å². The highest BCUT2D eigenvalue weighted by Crippen LogP contribution is 2.20. The first-order valence-electron chi connectivity index (χ1n) is 5.16. The Balaban J connectivity index is 3.59. The molecule has 0 aliphatic carbocycles. The molecule has 1 rings (SSSR count). The number of hydrogen-bond acceptors (Lipinski definition) is 5. The van der Waals surface area contributed by atoms with Gasteiger partial charge in [0.15, 0.2) is 15.6 Å². The summed E-state index contributed by atoms with van der Waals surface area (Å²) in [7, 11) is -3.56. The van der Waals surface area contributed by atoms with Crippen LogP contribution >= 0.6 is 0 Å². The van der Waals surface area contributed by atoms with Crippen molar-refractivity contribution in [2.75, 3.05) is 6.26 Å². The van der Waals surface area contributed by atoms with E-state index < -0.39 is 15.6 Å². The molecule has 6 heteroatoms. The van der Waals surface area contributed by atoms with E-state index in [1.165, 1.54) is 31.2 Å². The number of hydrogen-bond donors (Lipinski definition) is 0. The minimum atomic E-state index is -3.56. The van der Waals surface area contributed by atoms with Gasteiger partial charge < -0.3 is 0 Å². The van der Waals surface area contributed by atoms with Gasteiger partial charge in [0.2, 0.25) is 0 Å². The lowest BCUT2D eigenvalue weighted by atomic mass is 10.1. The highest BCUT2D eigenvalue weighted by Gasteiger charge is 2.14. The first-order chi connectivity index (χ1) is 8.79. The fourth-order valence-corrected chi connectivity index (χ4v) is 2.31. The fourth-order valence-electron chi connectivity index (χ4n) is 1.41. The molecule has 1 aromatic carbocycles. The minimum absolute atomic E-state index is 0.0828. The molecule has 0 saturated carbocycles. The summed E-state index contributed by atoms with van der Waals surface area (Å²) in [5.41, 5.74) is 0.266. The predicted octanol–water partition coefficient (Wildman–Crippen LogP) is 1.46. The number of allylic oxidation sites excluding steroid dienone is 1. The lowest BCUT2D eigenvalue weighted by Gasteiger charge is -2.04. The van der Waals surface area contributed by atoms with Crippen LogP contribution in [-0.4, -0.2) is 20.5 Å². The number of sulfone groups is 1. The second-order valence-corrected chi connectivity index (χ2v) is 5.85. The van der Waals surface area contributed by atoms with Crippen LogP contribution in [0.4, 0.5) is 0 Å². The van der Waals surface area contributed by atoms with Crippen molar-refractivity contribution in [2.24, 2.45) is 0 Å². The zero-order valence-corrected chi connectivity index (χ0v) is 11.2. The van der Waals surface area contributed by atoms with E-state index in [1.807, 2.05) is 6.07 Å². The van der Waals surface area contributed by atoms with Gasteiger partial charge >= 0.3 is 0 Å². The predicted molar refractivity (Wildman–Crippen MR) is 68.5 cm³/mol. The van der Waals surface area contributed by atoms with Gasteiger partial charge in [-0.25, -0.2) is 8.42 Å². The number of Topliss-reactive ketones (excluding diaryl/α,β-unsaturated/α-hetero) is 1. The Morgan fingerprint density at radius 3 is 2.37 bits per heavy atom. The first kappa shape index (κ1) is 14.6. The molecule has 0 heterocycles. The first-order valence-corrected chi connectivity index (χ1v) is 7.05. The second kappa shape index (κ2) is 5.47. The van der Waals surface area contributed by atoms with Crippen LogP contribution < -0.4 is 0 Å². The van der Waals surface area contributed by atoms with Crippen molar-refractivity contribution in [2.45, 2.75) is 11.8 Å². The molecular weight excluding hydrogens is 264 g/mol. The smallest absolute Gasteiger partial charge is 0.176 e. The van der Waals surface area contributed by atoms with Crippen molar-refractivity contribution >= 4 is 21.7 Å². The van der Waals surface area contributed by atoms with E-state index in [1.54, 1.807) is 6.07 Å². The van der Waals surface area contributed by atoms with Gasteiger partial charge in [-0.05, 0) is 30.7 Å². The number of benzene rings is 1. The van der Waals surface area contributed by atoms with Crippen LogP contribution in [0.1, 0.15) is 18.1 Å². The molecule has 0 saturated heterocycles. The molecular formula is C13H10N2O3S. The SMILES string of the molecule is CC(=O)/C(C#N)=C/c1ccc(C#N)cc1S(C)(=O)=O. The highest BCUT2D eigenvalue weighted by atomic mass is 32.2. The van der Waals surface area contributed by atoms with E-state index in [9.17, 15) is 13.2 Å². The Hall–Kier alpha value is -2.44. The molecule has 0 N–H and O–H groups in total. The average Bonchev–Trinajstić information content (AvgIpc) is 2.34. The maximum atomic E-state index is 11.7. The molecule has 0 aliphatic rings. The van der Waals surface area contributed by atoms with Crippen LogP contribution in [0.15, 0.2) is 28.7 Å². The molecule has 0 aliphatic heterocycles. The Kier molecular flexibility index (Phi) is 4.21. The molecule has 1 aromatic rings. The summed E-state index contributed by atoms with van der Waals surface area (Å²) in [5, 5.41) is 17.6. The molecule has 0 atom stereocenters. The highest BCUT2D eigenvalue weighted by molar-refractivity contribution is 7.90. The van der Waals surface area contributed by atoms with Gasteiger partial charge in [0.05, 0.1) is 22.1 Å². The van der Waals surface area contributed by atoms with E-state index in [-0.39, 0.29) is 21.6 Å². The van der Waals surface area contributed by atoms with Crippen molar-refractivity contribution in [3.63, 3.8) is 0 Å². The normalized spacial score (nSPS) is 11.5. The van der Waals surface area contributed by atoms with Crippen molar-refractivity contribution in [3.8, 4) is 12.1 Å². The van der Waals surface area contributed by atoms with Crippen LogP contribution in [0.5, 0.6) is 0 Å². The third-order valence-corrected chi connectivity index (χ3v) is 3.49. The van der Waals surface area contributed by atoms with E-state index >= 15 is 0 Å². The number of rotatable bonds is 3. The molecule has 0 aromatic heterocycles. The van der Waals surface area contributed by atoms with Gasteiger partial charge in [0, 0.05) is 6.26 Å². The van der Waals surface area contributed by atoms with E-state index in [2.05, 4.69) is 0 Å². The molecule has 0 spiro atoms.